The molecular weight excluding hydrogens is 278 g/mol. The van der Waals surface area contributed by atoms with Crippen molar-refractivity contribution in [3.8, 4) is 0 Å². The fourth-order valence-corrected chi connectivity index (χ4v) is 4.65. The van der Waals surface area contributed by atoms with Crippen LogP contribution in [0.25, 0.3) is 0 Å². The van der Waals surface area contributed by atoms with Crippen LogP contribution in [0.5, 0.6) is 0 Å². The van der Waals surface area contributed by atoms with Crippen LogP contribution in [0.3, 0.4) is 0 Å². The first-order chi connectivity index (χ1) is 9.15. The number of rotatable bonds is 4. The smallest absolute Gasteiger partial charge is 0.207 e. The highest BCUT2D eigenvalue weighted by molar-refractivity contribution is 7.89. The van der Waals surface area contributed by atoms with E-state index in [0.717, 1.165) is 17.7 Å². The summed E-state index contributed by atoms with van der Waals surface area (Å²) in [5, 5.41) is 0. The number of thiophene rings is 1. The molecule has 1 N–H and O–H groups in total. The number of sulfonamides is 1. The van der Waals surface area contributed by atoms with E-state index in [2.05, 4.69) is 10.8 Å². The van der Waals surface area contributed by atoms with E-state index >= 15 is 0 Å². The van der Waals surface area contributed by atoms with Gasteiger partial charge in [0.2, 0.25) is 10.0 Å². The minimum atomic E-state index is -3.39. The molecule has 1 aromatic carbocycles. The van der Waals surface area contributed by atoms with Crippen LogP contribution in [0.4, 0.5) is 0 Å². The van der Waals surface area contributed by atoms with E-state index in [0.29, 0.717) is 11.4 Å². The molecule has 1 aromatic heterocycles. The lowest BCUT2D eigenvalue weighted by atomic mass is 10.2. The number of nitrogens with one attached hydrogen (secondary N) is 1. The maximum atomic E-state index is 12.1. The summed E-state index contributed by atoms with van der Waals surface area (Å²) < 4.78 is 26.8. The molecule has 3 rings (SSSR count). The summed E-state index contributed by atoms with van der Waals surface area (Å²) in [7, 11) is -3.39. The number of hydrogen-bond donors (Lipinski definition) is 1. The second-order valence-electron chi connectivity index (χ2n) is 4.65. The van der Waals surface area contributed by atoms with E-state index < -0.39 is 10.0 Å². The predicted molar refractivity (Wildman–Crippen MR) is 76.8 cm³/mol. The first-order valence-corrected chi connectivity index (χ1v) is 8.60. The quantitative estimate of drug-likeness (QED) is 0.942. The third-order valence-electron chi connectivity index (χ3n) is 3.29. The zero-order valence-corrected chi connectivity index (χ0v) is 12.1. The molecule has 0 unspecified atom stereocenters. The van der Waals surface area contributed by atoms with E-state index in [4.69, 9.17) is 0 Å². The number of hydrogen-bond acceptors (Lipinski definition) is 3. The predicted octanol–water partition coefficient (Wildman–Crippen LogP) is 2.72. The Balaban J connectivity index is 1.72. The summed E-state index contributed by atoms with van der Waals surface area (Å²) in [6.07, 6.45) is 3.51. The van der Waals surface area contributed by atoms with Crippen molar-refractivity contribution in [2.75, 3.05) is 0 Å². The Kier molecular flexibility index (Phi) is 3.43. The minimum Gasteiger partial charge on any atom is -0.207 e. The van der Waals surface area contributed by atoms with Gasteiger partial charge in [-0.25, -0.2) is 13.1 Å². The lowest BCUT2D eigenvalue weighted by Gasteiger charge is -2.05. The Bertz CT molecular complexity index is 653. The minimum absolute atomic E-state index is 0.319. The Labute approximate surface area is 117 Å². The van der Waals surface area contributed by atoms with Crippen molar-refractivity contribution in [1.29, 1.82) is 0 Å². The molecule has 1 heterocycles. The van der Waals surface area contributed by atoms with Gasteiger partial charge in [0.05, 0.1) is 4.90 Å². The molecule has 0 radical (unpaired) electrons. The van der Waals surface area contributed by atoms with Crippen molar-refractivity contribution in [3.05, 3.63) is 51.7 Å². The highest BCUT2D eigenvalue weighted by atomic mass is 32.2. The van der Waals surface area contributed by atoms with Crippen LogP contribution in [0, 0.1) is 0 Å². The summed E-state index contributed by atoms with van der Waals surface area (Å²) in [6.45, 7) is 0.384. The fraction of sp³-hybridized carbons (Fsp3) is 0.286. The molecule has 0 saturated carbocycles. The van der Waals surface area contributed by atoms with E-state index in [1.165, 1.54) is 16.9 Å². The highest BCUT2D eigenvalue weighted by Gasteiger charge is 2.17. The molecule has 1 aliphatic rings. The van der Waals surface area contributed by atoms with E-state index in [1.54, 1.807) is 35.6 Å². The Morgan fingerprint density at radius 1 is 1.16 bits per heavy atom. The first kappa shape index (κ1) is 12.8. The maximum Gasteiger partial charge on any atom is 0.240 e. The molecule has 2 aromatic rings. The molecule has 0 amide bonds. The molecule has 0 fully saturated rings. The zero-order chi connectivity index (χ0) is 13.3. The molecule has 0 atom stereocenters. The van der Waals surface area contributed by atoms with Crippen molar-refractivity contribution in [2.45, 2.75) is 30.7 Å². The second kappa shape index (κ2) is 5.07. The number of benzene rings is 1. The first-order valence-electron chi connectivity index (χ1n) is 6.30. The molecule has 100 valence electrons. The lowest BCUT2D eigenvalue weighted by molar-refractivity contribution is 0.582. The maximum absolute atomic E-state index is 12.1. The van der Waals surface area contributed by atoms with Crippen LogP contribution in [0.1, 0.15) is 21.7 Å². The Morgan fingerprint density at radius 2 is 1.95 bits per heavy atom. The topological polar surface area (TPSA) is 46.2 Å². The third kappa shape index (κ3) is 2.73. The van der Waals surface area contributed by atoms with Crippen LogP contribution < -0.4 is 4.72 Å². The SMILES string of the molecule is O=S(=O)(NCc1cc2c(s1)CCC2)c1ccccc1. The van der Waals surface area contributed by atoms with Crippen LogP contribution in [-0.2, 0) is 29.4 Å². The lowest BCUT2D eigenvalue weighted by Crippen LogP contribution is -2.22. The van der Waals surface area contributed by atoms with Gasteiger partial charge in [0.25, 0.3) is 0 Å². The van der Waals surface area contributed by atoms with Gasteiger partial charge in [-0.1, -0.05) is 18.2 Å². The van der Waals surface area contributed by atoms with Crippen molar-refractivity contribution in [1.82, 2.24) is 4.72 Å². The van der Waals surface area contributed by atoms with Gasteiger partial charge in [-0.05, 0) is 43.0 Å². The molecule has 0 saturated heterocycles. The summed E-state index contributed by atoms with van der Waals surface area (Å²) in [5.41, 5.74) is 1.40. The summed E-state index contributed by atoms with van der Waals surface area (Å²) >= 11 is 1.73. The van der Waals surface area contributed by atoms with Crippen LogP contribution in [0.2, 0.25) is 0 Å². The average Bonchev–Trinajstić information content (AvgIpc) is 2.98. The summed E-state index contributed by atoms with van der Waals surface area (Å²) in [4.78, 5) is 2.84. The molecule has 19 heavy (non-hydrogen) atoms. The van der Waals surface area contributed by atoms with Crippen molar-refractivity contribution in [2.24, 2.45) is 0 Å². The fourth-order valence-electron chi connectivity index (χ4n) is 2.33. The monoisotopic (exact) mass is 293 g/mol. The Morgan fingerprint density at radius 3 is 2.68 bits per heavy atom. The van der Waals surface area contributed by atoms with Gasteiger partial charge in [0.15, 0.2) is 0 Å². The van der Waals surface area contributed by atoms with Gasteiger partial charge in [-0.3, -0.25) is 0 Å². The van der Waals surface area contributed by atoms with E-state index in [1.807, 2.05) is 6.07 Å². The molecule has 0 aliphatic heterocycles. The van der Waals surface area contributed by atoms with Crippen molar-refractivity contribution in [3.63, 3.8) is 0 Å². The van der Waals surface area contributed by atoms with Gasteiger partial charge in [0, 0.05) is 16.3 Å². The molecule has 0 spiro atoms. The summed E-state index contributed by atoms with van der Waals surface area (Å²) in [6, 6.07) is 10.6. The van der Waals surface area contributed by atoms with E-state index in [9.17, 15) is 8.42 Å². The standard InChI is InChI=1S/C14H15NO2S2/c16-19(17,13-6-2-1-3-7-13)15-10-12-9-11-5-4-8-14(11)18-12/h1-3,6-7,9,15H,4-5,8,10H2. The van der Waals surface area contributed by atoms with Crippen LogP contribution in [-0.4, -0.2) is 8.42 Å². The van der Waals surface area contributed by atoms with Crippen LogP contribution in [0.15, 0.2) is 41.3 Å². The van der Waals surface area contributed by atoms with Gasteiger partial charge in [-0.15, -0.1) is 11.3 Å². The van der Waals surface area contributed by atoms with E-state index in [-0.39, 0.29) is 0 Å². The van der Waals surface area contributed by atoms with Gasteiger partial charge < -0.3 is 0 Å². The molecule has 1 aliphatic carbocycles. The molecule has 0 bridgehead atoms. The normalized spacial score (nSPS) is 14.5. The number of aryl methyl sites for hydroxylation is 2. The van der Waals surface area contributed by atoms with Gasteiger partial charge in [-0.2, -0.15) is 0 Å². The largest absolute Gasteiger partial charge is 0.240 e. The van der Waals surface area contributed by atoms with Crippen molar-refractivity contribution >= 4 is 21.4 Å². The third-order valence-corrected chi connectivity index (χ3v) is 5.94. The summed E-state index contributed by atoms with van der Waals surface area (Å²) in [5.74, 6) is 0. The Hall–Kier alpha value is -1.17. The van der Waals surface area contributed by atoms with Crippen LogP contribution >= 0.6 is 11.3 Å². The van der Waals surface area contributed by atoms with Gasteiger partial charge in [0.1, 0.15) is 0 Å². The van der Waals surface area contributed by atoms with Crippen molar-refractivity contribution < 1.29 is 8.42 Å². The number of fused-ring (bicyclic) bond motifs is 1. The second-order valence-corrected chi connectivity index (χ2v) is 7.64. The highest BCUT2D eigenvalue weighted by Crippen LogP contribution is 2.30. The molecule has 3 nitrogen and oxygen atoms in total. The molecular formula is C14H15NO2S2. The molecule has 5 heteroatoms. The average molecular weight is 293 g/mol. The van der Waals surface area contributed by atoms with Gasteiger partial charge >= 0.3 is 0 Å². The zero-order valence-electron chi connectivity index (χ0n) is 10.4.